The summed E-state index contributed by atoms with van der Waals surface area (Å²) in [5.41, 5.74) is 0. The van der Waals surface area contributed by atoms with Gasteiger partial charge in [0, 0.05) is 12.8 Å². The molecule has 1 aliphatic rings. The second-order valence-corrected chi connectivity index (χ2v) is 3.35. The van der Waals surface area contributed by atoms with Crippen LogP contribution in [-0.2, 0) is 9.47 Å². The average molecular weight is 184 g/mol. The summed E-state index contributed by atoms with van der Waals surface area (Å²) in [5, 5.41) is 0. The van der Waals surface area contributed by atoms with Gasteiger partial charge in [0.05, 0.1) is 12.4 Å². The van der Waals surface area contributed by atoms with E-state index in [4.69, 9.17) is 9.47 Å². The Hall–Kier alpha value is -0.500. The maximum Gasteiger partial charge on any atom is 0.199 e. The molecule has 1 atom stereocenters. The third-order valence-corrected chi connectivity index (χ3v) is 2.20. The molecule has 0 saturated carbocycles. The van der Waals surface area contributed by atoms with Crippen LogP contribution in [0.3, 0.4) is 0 Å². The van der Waals surface area contributed by atoms with Gasteiger partial charge < -0.3 is 9.47 Å². The Labute approximate surface area is 80.9 Å². The number of ether oxygens (including phenoxy) is 2. The Morgan fingerprint density at radius 2 is 2.31 bits per heavy atom. The van der Waals surface area contributed by atoms with Crippen LogP contribution < -0.4 is 0 Å². The third kappa shape index (κ3) is 3.81. The van der Waals surface area contributed by atoms with E-state index in [1.165, 1.54) is 12.8 Å². The van der Waals surface area contributed by atoms with Gasteiger partial charge >= 0.3 is 0 Å². The van der Waals surface area contributed by atoms with Crippen LogP contribution in [0.25, 0.3) is 0 Å². The van der Waals surface area contributed by atoms with E-state index < -0.39 is 0 Å². The molecule has 2 nitrogen and oxygen atoms in total. The fourth-order valence-electron chi connectivity index (χ4n) is 1.48. The first-order valence-electron chi connectivity index (χ1n) is 5.34. The summed E-state index contributed by atoms with van der Waals surface area (Å²) in [6, 6.07) is 0. The summed E-state index contributed by atoms with van der Waals surface area (Å²) in [5.74, 6) is 1.08. The van der Waals surface area contributed by atoms with Crippen LogP contribution >= 0.6 is 0 Å². The fraction of sp³-hybridized carbons (Fsp3) is 0.818. The maximum absolute atomic E-state index is 5.72. The van der Waals surface area contributed by atoms with Crippen molar-refractivity contribution >= 4 is 0 Å². The van der Waals surface area contributed by atoms with Crippen molar-refractivity contribution in [2.75, 3.05) is 6.61 Å². The van der Waals surface area contributed by atoms with E-state index in [1.54, 1.807) is 0 Å². The lowest BCUT2D eigenvalue weighted by Gasteiger charge is -2.24. The highest BCUT2D eigenvalue weighted by Gasteiger charge is 2.15. The van der Waals surface area contributed by atoms with E-state index in [0.29, 0.717) is 0 Å². The molecule has 1 heterocycles. The summed E-state index contributed by atoms with van der Waals surface area (Å²) in [6.07, 6.45) is 7.61. The van der Waals surface area contributed by atoms with Gasteiger partial charge in [-0.2, -0.15) is 0 Å². The van der Waals surface area contributed by atoms with Gasteiger partial charge in [-0.3, -0.25) is 0 Å². The first-order valence-corrected chi connectivity index (χ1v) is 5.34. The van der Waals surface area contributed by atoms with Crippen LogP contribution in [0.5, 0.6) is 0 Å². The second-order valence-electron chi connectivity index (χ2n) is 3.35. The molecule has 0 amide bonds. The van der Waals surface area contributed by atoms with E-state index in [2.05, 4.69) is 19.9 Å². The molecular weight excluding hydrogens is 164 g/mol. The molecule has 0 bridgehead atoms. The van der Waals surface area contributed by atoms with Gasteiger partial charge in [0.1, 0.15) is 0 Å². The summed E-state index contributed by atoms with van der Waals surface area (Å²) in [4.78, 5) is 0. The van der Waals surface area contributed by atoms with Crippen molar-refractivity contribution in [3.05, 3.63) is 11.8 Å². The lowest BCUT2D eigenvalue weighted by Crippen LogP contribution is -2.21. The smallest absolute Gasteiger partial charge is 0.199 e. The highest BCUT2D eigenvalue weighted by Crippen LogP contribution is 2.18. The molecule has 2 heteroatoms. The first kappa shape index (κ1) is 10.6. The van der Waals surface area contributed by atoms with E-state index in [1.807, 2.05) is 0 Å². The van der Waals surface area contributed by atoms with Gasteiger partial charge in [-0.05, 0) is 25.3 Å². The molecule has 76 valence electrons. The van der Waals surface area contributed by atoms with Crippen molar-refractivity contribution in [2.24, 2.45) is 0 Å². The van der Waals surface area contributed by atoms with Crippen molar-refractivity contribution in [2.45, 2.75) is 52.2 Å². The zero-order chi connectivity index (χ0) is 9.52. The van der Waals surface area contributed by atoms with Crippen LogP contribution in [0.15, 0.2) is 11.8 Å². The zero-order valence-corrected chi connectivity index (χ0v) is 8.71. The summed E-state index contributed by atoms with van der Waals surface area (Å²) >= 11 is 0. The van der Waals surface area contributed by atoms with E-state index in [-0.39, 0.29) is 6.29 Å². The number of hydrogen-bond donors (Lipinski definition) is 0. The molecule has 1 saturated heterocycles. The fourth-order valence-corrected chi connectivity index (χ4v) is 1.48. The van der Waals surface area contributed by atoms with Crippen molar-refractivity contribution in [1.82, 2.24) is 0 Å². The van der Waals surface area contributed by atoms with Crippen LogP contribution in [0, 0.1) is 0 Å². The molecule has 0 aromatic rings. The minimum absolute atomic E-state index is 0.0199. The third-order valence-electron chi connectivity index (χ3n) is 2.20. The Morgan fingerprint density at radius 1 is 1.46 bits per heavy atom. The maximum atomic E-state index is 5.72. The van der Waals surface area contributed by atoms with Crippen molar-refractivity contribution in [1.29, 1.82) is 0 Å². The quantitative estimate of drug-likeness (QED) is 0.624. The zero-order valence-electron chi connectivity index (χ0n) is 8.71. The van der Waals surface area contributed by atoms with E-state index >= 15 is 0 Å². The van der Waals surface area contributed by atoms with Crippen LogP contribution in [-0.4, -0.2) is 12.9 Å². The summed E-state index contributed by atoms with van der Waals surface area (Å²) in [7, 11) is 0. The molecule has 1 unspecified atom stereocenters. The lowest BCUT2D eigenvalue weighted by atomic mass is 10.2. The average Bonchev–Trinajstić information content (AvgIpc) is 2.19. The normalized spacial score (nSPS) is 24.5. The first-order chi connectivity index (χ1) is 6.36. The molecule has 0 N–H and O–H groups in total. The SMILES string of the molecule is CCC=C(CC)OC1CCCCO1. The highest BCUT2D eigenvalue weighted by molar-refractivity contribution is 4.91. The lowest BCUT2D eigenvalue weighted by molar-refractivity contribution is -0.140. The molecule has 0 spiro atoms. The predicted molar refractivity (Wildman–Crippen MR) is 53.3 cm³/mol. The molecule has 1 rings (SSSR count). The number of allylic oxidation sites excluding steroid dienone is 2. The Balaban J connectivity index is 2.31. The van der Waals surface area contributed by atoms with Gasteiger partial charge in [0.2, 0.25) is 0 Å². The van der Waals surface area contributed by atoms with Gasteiger partial charge in [-0.1, -0.05) is 13.8 Å². The Bertz CT molecular complexity index is 157. The van der Waals surface area contributed by atoms with E-state index in [9.17, 15) is 0 Å². The van der Waals surface area contributed by atoms with Crippen molar-refractivity contribution in [3.8, 4) is 0 Å². The van der Waals surface area contributed by atoms with E-state index in [0.717, 1.165) is 31.6 Å². The summed E-state index contributed by atoms with van der Waals surface area (Å²) in [6.45, 7) is 5.10. The monoisotopic (exact) mass is 184 g/mol. The molecular formula is C11H20O2. The van der Waals surface area contributed by atoms with Crippen molar-refractivity contribution < 1.29 is 9.47 Å². The molecule has 0 aromatic carbocycles. The molecule has 0 aliphatic carbocycles. The number of hydrogen-bond acceptors (Lipinski definition) is 2. The Morgan fingerprint density at radius 3 is 2.85 bits per heavy atom. The number of rotatable bonds is 4. The van der Waals surface area contributed by atoms with Gasteiger partial charge in [0.25, 0.3) is 0 Å². The topological polar surface area (TPSA) is 18.5 Å². The molecule has 13 heavy (non-hydrogen) atoms. The van der Waals surface area contributed by atoms with Crippen molar-refractivity contribution in [3.63, 3.8) is 0 Å². The minimum atomic E-state index is 0.0199. The van der Waals surface area contributed by atoms with Gasteiger partial charge in [-0.15, -0.1) is 0 Å². The Kier molecular flexibility index (Phi) is 4.91. The minimum Gasteiger partial charge on any atom is -0.470 e. The molecule has 1 fully saturated rings. The molecule has 0 radical (unpaired) electrons. The largest absolute Gasteiger partial charge is 0.470 e. The van der Waals surface area contributed by atoms with Crippen LogP contribution in [0.2, 0.25) is 0 Å². The van der Waals surface area contributed by atoms with Crippen LogP contribution in [0.4, 0.5) is 0 Å². The van der Waals surface area contributed by atoms with Crippen LogP contribution in [0.1, 0.15) is 46.0 Å². The predicted octanol–water partition coefficient (Wildman–Crippen LogP) is 3.23. The molecule has 1 aliphatic heterocycles. The molecule has 0 aromatic heterocycles. The van der Waals surface area contributed by atoms with Gasteiger partial charge in [0.15, 0.2) is 6.29 Å². The second kappa shape index (κ2) is 6.03. The van der Waals surface area contributed by atoms with Gasteiger partial charge in [-0.25, -0.2) is 0 Å². The standard InChI is InChI=1S/C11H20O2/c1-3-7-10(4-2)13-11-8-5-6-9-12-11/h7,11H,3-6,8-9H2,1-2H3. The highest BCUT2D eigenvalue weighted by atomic mass is 16.7. The summed E-state index contributed by atoms with van der Waals surface area (Å²) < 4.78 is 11.2.